The summed E-state index contributed by atoms with van der Waals surface area (Å²) in [5.41, 5.74) is 10.7. The van der Waals surface area contributed by atoms with Crippen molar-refractivity contribution in [3.63, 3.8) is 0 Å². The van der Waals surface area contributed by atoms with Gasteiger partial charge in [0.05, 0.1) is 18.5 Å². The van der Waals surface area contributed by atoms with E-state index in [-0.39, 0.29) is 11.6 Å². The van der Waals surface area contributed by atoms with Crippen LogP contribution in [0.1, 0.15) is 72.2 Å². The Kier molecular flexibility index (Phi) is 7.06. The third-order valence-corrected chi connectivity index (χ3v) is 7.26. The summed E-state index contributed by atoms with van der Waals surface area (Å²) in [7, 11) is 0. The van der Waals surface area contributed by atoms with Crippen molar-refractivity contribution in [1.82, 2.24) is 15.1 Å². The van der Waals surface area contributed by atoms with Gasteiger partial charge in [-0.05, 0) is 86.8 Å². The Morgan fingerprint density at radius 3 is 2.55 bits per heavy atom. The van der Waals surface area contributed by atoms with Gasteiger partial charge in [0, 0.05) is 24.4 Å². The summed E-state index contributed by atoms with van der Waals surface area (Å²) in [6.45, 7) is 14.6. The van der Waals surface area contributed by atoms with E-state index in [9.17, 15) is 0 Å². The molecule has 3 aromatic rings. The van der Waals surface area contributed by atoms with E-state index < -0.39 is 0 Å². The van der Waals surface area contributed by atoms with E-state index in [0.29, 0.717) is 0 Å². The minimum Gasteiger partial charge on any atom is -0.380 e. The molecule has 1 aliphatic rings. The molecule has 0 bridgehead atoms. The molecule has 0 saturated carbocycles. The summed E-state index contributed by atoms with van der Waals surface area (Å²) in [5, 5.41) is 8.79. The second-order valence-corrected chi connectivity index (χ2v) is 9.73. The van der Waals surface area contributed by atoms with Gasteiger partial charge in [-0.25, -0.2) is 4.68 Å². The minimum atomic E-state index is -0.0287. The van der Waals surface area contributed by atoms with Crippen molar-refractivity contribution < 1.29 is 4.74 Å². The van der Waals surface area contributed by atoms with Crippen molar-refractivity contribution in [3.8, 4) is 5.69 Å². The molecule has 1 aromatic heterocycles. The molecular formula is C29H39N3O. The number of hydrogen-bond acceptors (Lipinski definition) is 3. The highest BCUT2D eigenvalue weighted by molar-refractivity contribution is 5.49. The van der Waals surface area contributed by atoms with E-state index in [0.717, 1.165) is 38.9 Å². The predicted molar refractivity (Wildman–Crippen MR) is 136 cm³/mol. The van der Waals surface area contributed by atoms with Crippen LogP contribution < -0.4 is 5.32 Å². The Hall–Kier alpha value is -2.43. The normalized spacial score (nSPS) is 20.1. The largest absolute Gasteiger partial charge is 0.380 e. The van der Waals surface area contributed by atoms with Gasteiger partial charge in [-0.3, -0.25) is 0 Å². The van der Waals surface area contributed by atoms with E-state index in [1.165, 1.54) is 44.6 Å². The average Bonchev–Trinajstić information content (AvgIpc) is 3.24. The maximum Gasteiger partial charge on any atom is 0.0704 e. The number of rotatable bonds is 8. The number of aryl methyl sites for hydroxylation is 4. The summed E-state index contributed by atoms with van der Waals surface area (Å²) >= 11 is 0. The van der Waals surface area contributed by atoms with Crippen LogP contribution in [0.3, 0.4) is 0 Å². The first-order valence-electron chi connectivity index (χ1n) is 12.5. The van der Waals surface area contributed by atoms with Crippen LogP contribution in [-0.2, 0) is 24.0 Å². The topological polar surface area (TPSA) is 39.1 Å². The molecule has 0 radical (unpaired) electrons. The number of aromatic nitrogens is 2. The van der Waals surface area contributed by atoms with Gasteiger partial charge in [0.2, 0.25) is 0 Å². The van der Waals surface area contributed by atoms with Gasteiger partial charge in [0.1, 0.15) is 0 Å². The number of fused-ring (bicyclic) bond motifs is 1. The fourth-order valence-electron chi connectivity index (χ4n) is 5.60. The molecule has 2 aromatic carbocycles. The predicted octanol–water partition coefficient (Wildman–Crippen LogP) is 5.97. The van der Waals surface area contributed by atoms with Crippen molar-refractivity contribution in [2.24, 2.45) is 0 Å². The van der Waals surface area contributed by atoms with Gasteiger partial charge in [0.15, 0.2) is 0 Å². The molecule has 0 aliphatic carbocycles. The number of nitrogens with zero attached hydrogens (tertiary/aromatic N) is 2. The molecule has 176 valence electrons. The summed E-state index contributed by atoms with van der Waals surface area (Å²) < 4.78 is 8.03. The highest BCUT2D eigenvalue weighted by Gasteiger charge is 2.38. The van der Waals surface area contributed by atoms with E-state index >= 15 is 0 Å². The first kappa shape index (κ1) is 23.7. The molecule has 0 amide bonds. The van der Waals surface area contributed by atoms with Gasteiger partial charge in [0.25, 0.3) is 0 Å². The van der Waals surface area contributed by atoms with Crippen molar-refractivity contribution in [2.45, 2.75) is 78.8 Å². The summed E-state index contributed by atoms with van der Waals surface area (Å²) in [6, 6.07) is 11.5. The Morgan fingerprint density at radius 2 is 1.88 bits per heavy atom. The van der Waals surface area contributed by atoms with Gasteiger partial charge < -0.3 is 10.1 Å². The van der Waals surface area contributed by atoms with Crippen molar-refractivity contribution in [1.29, 1.82) is 0 Å². The Morgan fingerprint density at radius 1 is 1.12 bits per heavy atom. The molecule has 1 aliphatic heterocycles. The Labute approximate surface area is 199 Å². The maximum atomic E-state index is 5.97. The summed E-state index contributed by atoms with van der Waals surface area (Å²) in [4.78, 5) is 0. The highest BCUT2D eigenvalue weighted by Crippen LogP contribution is 2.36. The lowest BCUT2D eigenvalue weighted by atomic mass is 9.77. The molecule has 1 N–H and O–H groups in total. The summed E-state index contributed by atoms with van der Waals surface area (Å²) in [6.07, 6.45) is 8.30. The lowest BCUT2D eigenvalue weighted by Crippen LogP contribution is -2.55. The molecule has 2 heterocycles. The number of benzene rings is 2. The standard InChI is InChI=1S/C29H39N3O/c1-7-24-11-10-12-25-26(24)16-29(8-2,19-33-9-3)31-27(25)15-23-17-30-32(18-23)28-21(5)13-20(4)14-22(28)6/h10-14,17-18,27,31H,7-9,15-16,19H2,1-6H3. The molecule has 0 fully saturated rings. The lowest BCUT2D eigenvalue weighted by Gasteiger charge is -2.43. The lowest BCUT2D eigenvalue weighted by molar-refractivity contribution is 0.0616. The highest BCUT2D eigenvalue weighted by atomic mass is 16.5. The van der Waals surface area contributed by atoms with Crippen LogP contribution in [0.5, 0.6) is 0 Å². The van der Waals surface area contributed by atoms with Crippen LogP contribution in [-0.4, -0.2) is 28.5 Å². The molecule has 4 nitrogen and oxygen atoms in total. The van der Waals surface area contributed by atoms with E-state index in [1.807, 2.05) is 6.20 Å². The number of nitrogens with one attached hydrogen (secondary N) is 1. The van der Waals surface area contributed by atoms with Crippen LogP contribution >= 0.6 is 0 Å². The van der Waals surface area contributed by atoms with Gasteiger partial charge in [-0.1, -0.05) is 49.7 Å². The maximum absolute atomic E-state index is 5.97. The van der Waals surface area contributed by atoms with E-state index in [1.54, 1.807) is 0 Å². The quantitative estimate of drug-likeness (QED) is 0.464. The van der Waals surface area contributed by atoms with Gasteiger partial charge >= 0.3 is 0 Å². The molecule has 2 unspecified atom stereocenters. The van der Waals surface area contributed by atoms with Gasteiger partial charge in [-0.2, -0.15) is 5.10 Å². The zero-order valence-corrected chi connectivity index (χ0v) is 21.2. The Balaban J connectivity index is 1.68. The molecule has 4 rings (SSSR count). The van der Waals surface area contributed by atoms with E-state index in [2.05, 4.69) is 88.1 Å². The fourth-order valence-corrected chi connectivity index (χ4v) is 5.60. The molecule has 0 spiro atoms. The second-order valence-electron chi connectivity index (χ2n) is 9.73. The van der Waals surface area contributed by atoms with Crippen LogP contribution in [0, 0.1) is 20.8 Å². The molecular weight excluding hydrogens is 406 g/mol. The average molecular weight is 446 g/mol. The first-order chi connectivity index (χ1) is 15.9. The van der Waals surface area contributed by atoms with Crippen molar-refractivity contribution in [2.75, 3.05) is 13.2 Å². The van der Waals surface area contributed by atoms with Crippen LogP contribution in [0.2, 0.25) is 0 Å². The minimum absolute atomic E-state index is 0.0287. The van der Waals surface area contributed by atoms with Crippen molar-refractivity contribution in [3.05, 3.63) is 81.7 Å². The second kappa shape index (κ2) is 9.82. The summed E-state index contributed by atoms with van der Waals surface area (Å²) in [5.74, 6) is 0. The van der Waals surface area contributed by atoms with Crippen LogP contribution in [0.4, 0.5) is 0 Å². The van der Waals surface area contributed by atoms with Gasteiger partial charge in [-0.15, -0.1) is 0 Å². The smallest absolute Gasteiger partial charge is 0.0704 e. The molecule has 2 atom stereocenters. The number of hydrogen-bond donors (Lipinski definition) is 1. The molecule has 4 heteroatoms. The van der Waals surface area contributed by atoms with Crippen molar-refractivity contribution >= 4 is 0 Å². The third-order valence-electron chi connectivity index (χ3n) is 7.26. The molecule has 0 saturated heterocycles. The zero-order chi connectivity index (χ0) is 23.6. The van der Waals surface area contributed by atoms with Crippen LogP contribution in [0.15, 0.2) is 42.7 Å². The zero-order valence-electron chi connectivity index (χ0n) is 21.2. The van der Waals surface area contributed by atoms with Crippen LogP contribution in [0.25, 0.3) is 5.69 Å². The molecule has 33 heavy (non-hydrogen) atoms. The monoisotopic (exact) mass is 445 g/mol. The van der Waals surface area contributed by atoms with E-state index in [4.69, 9.17) is 9.84 Å². The number of ether oxygens (including phenoxy) is 1. The fraction of sp³-hybridized carbons (Fsp3) is 0.483. The SMILES string of the molecule is CCOCC1(CC)Cc2c(CC)cccc2C(Cc2cnn(-c3c(C)cc(C)cc3C)c2)N1. The first-order valence-corrected chi connectivity index (χ1v) is 12.5. The Bertz CT molecular complexity index is 1090. The third kappa shape index (κ3) is 4.78.